The van der Waals surface area contributed by atoms with E-state index in [4.69, 9.17) is 14.5 Å². The summed E-state index contributed by atoms with van der Waals surface area (Å²) < 4.78 is 11.8. The Hall–Kier alpha value is -1.99. The Morgan fingerprint density at radius 2 is 1.96 bits per heavy atom. The lowest BCUT2D eigenvalue weighted by Gasteiger charge is -2.29. The van der Waals surface area contributed by atoms with Gasteiger partial charge < -0.3 is 14.4 Å². The largest absolute Gasteiger partial charge is 0.455 e. The van der Waals surface area contributed by atoms with Crippen molar-refractivity contribution in [2.75, 3.05) is 32.9 Å². The molecule has 27 heavy (non-hydrogen) atoms. The Labute approximate surface area is 162 Å². The van der Waals surface area contributed by atoms with Crippen molar-refractivity contribution in [2.24, 2.45) is 5.92 Å². The normalized spacial score (nSPS) is 23.3. The molecule has 0 spiro atoms. The number of thiazole rings is 1. The highest BCUT2D eigenvalue weighted by Crippen LogP contribution is 2.41. The summed E-state index contributed by atoms with van der Waals surface area (Å²) in [5, 5.41) is 1.01. The second-order valence-corrected chi connectivity index (χ2v) is 8.18. The van der Waals surface area contributed by atoms with Crippen molar-refractivity contribution in [3.63, 3.8) is 0 Å². The van der Waals surface area contributed by atoms with Crippen LogP contribution < -0.4 is 0 Å². The third kappa shape index (κ3) is 4.14. The number of carbonyl (C=O) groups is 2. The number of benzene rings is 1. The Morgan fingerprint density at radius 1 is 1.19 bits per heavy atom. The summed E-state index contributed by atoms with van der Waals surface area (Å²) in [5.74, 6) is -0.529. The number of aromatic nitrogens is 1. The van der Waals surface area contributed by atoms with Crippen molar-refractivity contribution >= 4 is 33.4 Å². The van der Waals surface area contributed by atoms with Gasteiger partial charge in [0.15, 0.2) is 6.61 Å². The van der Waals surface area contributed by atoms with Crippen molar-refractivity contribution < 1.29 is 19.1 Å². The first-order valence-corrected chi connectivity index (χ1v) is 10.4. The van der Waals surface area contributed by atoms with Crippen LogP contribution in [0.15, 0.2) is 24.3 Å². The van der Waals surface area contributed by atoms with Crippen molar-refractivity contribution in [3.8, 4) is 0 Å². The molecule has 1 aromatic heterocycles. The summed E-state index contributed by atoms with van der Waals surface area (Å²) in [7, 11) is 0. The van der Waals surface area contributed by atoms with Gasteiger partial charge in [-0.3, -0.25) is 9.59 Å². The number of fused-ring (bicyclic) bond motifs is 1. The number of rotatable bonds is 4. The summed E-state index contributed by atoms with van der Waals surface area (Å²) in [6.07, 6.45) is 3.85. The van der Waals surface area contributed by atoms with Gasteiger partial charge >= 0.3 is 5.97 Å². The van der Waals surface area contributed by atoms with Crippen molar-refractivity contribution in [2.45, 2.75) is 31.6 Å². The van der Waals surface area contributed by atoms with Gasteiger partial charge in [0.2, 0.25) is 0 Å². The van der Waals surface area contributed by atoms with Crippen LogP contribution in [0.1, 0.15) is 36.6 Å². The number of hydrogen-bond donors (Lipinski definition) is 0. The number of morpholine rings is 1. The van der Waals surface area contributed by atoms with Gasteiger partial charge in [0.25, 0.3) is 5.91 Å². The topological polar surface area (TPSA) is 68.7 Å². The van der Waals surface area contributed by atoms with Gasteiger partial charge in [0.1, 0.15) is 0 Å². The van der Waals surface area contributed by atoms with Gasteiger partial charge in [-0.2, -0.15) is 0 Å². The van der Waals surface area contributed by atoms with E-state index in [0.717, 1.165) is 40.9 Å². The fourth-order valence-electron chi connectivity index (χ4n) is 3.90. The first-order chi connectivity index (χ1) is 13.2. The van der Waals surface area contributed by atoms with E-state index in [1.165, 1.54) is 0 Å². The zero-order chi connectivity index (χ0) is 18.6. The molecular formula is C20H24N2O4S. The zero-order valence-electron chi connectivity index (χ0n) is 15.3. The van der Waals surface area contributed by atoms with Crippen molar-refractivity contribution in [3.05, 3.63) is 29.3 Å². The smallest absolute Gasteiger partial charge is 0.310 e. The van der Waals surface area contributed by atoms with Crippen LogP contribution in [0, 0.1) is 5.92 Å². The van der Waals surface area contributed by atoms with E-state index in [1.54, 1.807) is 16.2 Å². The van der Waals surface area contributed by atoms with Gasteiger partial charge in [0, 0.05) is 19.0 Å². The molecule has 144 valence electrons. The SMILES string of the molecule is O=C(OCC(=O)N1CCOCC1)[C@H]1CCCC[C@@H]1c1nc2ccccc2s1. The van der Waals surface area contributed by atoms with Gasteiger partial charge in [-0.05, 0) is 25.0 Å². The van der Waals surface area contributed by atoms with E-state index in [2.05, 4.69) is 6.07 Å². The molecule has 1 aliphatic heterocycles. The van der Waals surface area contributed by atoms with Crippen molar-refractivity contribution in [1.29, 1.82) is 0 Å². The molecule has 2 atom stereocenters. The van der Waals surface area contributed by atoms with E-state index >= 15 is 0 Å². The van der Waals surface area contributed by atoms with E-state index in [0.29, 0.717) is 26.3 Å². The minimum absolute atomic E-state index is 0.0853. The fraction of sp³-hybridized carbons (Fsp3) is 0.550. The third-order valence-electron chi connectivity index (χ3n) is 5.40. The van der Waals surface area contributed by atoms with Crippen LogP contribution in [-0.4, -0.2) is 54.7 Å². The molecule has 2 aromatic rings. The maximum atomic E-state index is 12.7. The Kier molecular flexibility index (Phi) is 5.69. The van der Waals surface area contributed by atoms with Crippen LogP contribution in [0.2, 0.25) is 0 Å². The first-order valence-electron chi connectivity index (χ1n) is 9.60. The summed E-state index contributed by atoms with van der Waals surface area (Å²) in [6.45, 7) is 2.04. The molecule has 7 heteroatoms. The molecule has 0 N–H and O–H groups in total. The molecule has 1 saturated carbocycles. The van der Waals surface area contributed by atoms with Gasteiger partial charge in [-0.25, -0.2) is 4.98 Å². The summed E-state index contributed by atoms with van der Waals surface area (Å²) >= 11 is 1.66. The van der Waals surface area contributed by atoms with E-state index in [-0.39, 0.29) is 30.3 Å². The molecule has 0 unspecified atom stereocenters. The molecule has 2 fully saturated rings. The molecule has 1 amide bonds. The maximum absolute atomic E-state index is 12.7. The minimum atomic E-state index is -0.263. The van der Waals surface area contributed by atoms with Crippen LogP contribution in [0.5, 0.6) is 0 Å². The Balaban J connectivity index is 1.42. The van der Waals surface area contributed by atoms with E-state index in [1.807, 2.05) is 18.2 Å². The predicted molar refractivity (Wildman–Crippen MR) is 103 cm³/mol. The molecule has 1 saturated heterocycles. The molecule has 2 heterocycles. The van der Waals surface area contributed by atoms with E-state index in [9.17, 15) is 9.59 Å². The molecule has 4 rings (SSSR count). The highest BCUT2D eigenvalue weighted by molar-refractivity contribution is 7.18. The van der Waals surface area contributed by atoms with Crippen molar-refractivity contribution in [1.82, 2.24) is 9.88 Å². The fourth-order valence-corrected chi connectivity index (χ4v) is 5.07. The Morgan fingerprint density at radius 3 is 2.78 bits per heavy atom. The molecular weight excluding hydrogens is 364 g/mol. The summed E-state index contributed by atoms with van der Waals surface area (Å²) in [5.41, 5.74) is 0.984. The number of ether oxygens (including phenoxy) is 2. The van der Waals surface area contributed by atoms with E-state index < -0.39 is 0 Å². The standard InChI is InChI=1S/C20H24N2O4S/c23-18(22-9-11-25-12-10-22)13-26-20(24)15-6-2-1-5-14(15)19-21-16-7-3-4-8-17(16)27-19/h3-4,7-8,14-15H,1-2,5-6,9-13H2/t14-,15-/m0/s1. The lowest BCUT2D eigenvalue weighted by molar-refractivity contribution is -0.158. The summed E-state index contributed by atoms with van der Waals surface area (Å²) in [6, 6.07) is 8.06. The average molecular weight is 388 g/mol. The molecule has 6 nitrogen and oxygen atoms in total. The second kappa shape index (κ2) is 8.35. The quantitative estimate of drug-likeness (QED) is 0.753. The summed E-state index contributed by atoms with van der Waals surface area (Å²) in [4.78, 5) is 31.4. The molecule has 2 aliphatic rings. The molecule has 0 radical (unpaired) electrons. The zero-order valence-corrected chi connectivity index (χ0v) is 16.1. The number of amides is 1. The number of carbonyl (C=O) groups excluding carboxylic acids is 2. The van der Waals surface area contributed by atoms with Gasteiger partial charge in [-0.15, -0.1) is 11.3 Å². The van der Waals surface area contributed by atoms with Gasteiger partial charge in [-0.1, -0.05) is 25.0 Å². The minimum Gasteiger partial charge on any atom is -0.455 e. The highest BCUT2D eigenvalue weighted by Gasteiger charge is 2.35. The lowest BCUT2D eigenvalue weighted by atomic mass is 9.79. The molecule has 1 aliphatic carbocycles. The third-order valence-corrected chi connectivity index (χ3v) is 6.57. The predicted octanol–water partition coefficient (Wildman–Crippen LogP) is 2.97. The molecule has 0 bridgehead atoms. The Bertz CT molecular complexity index is 782. The van der Waals surface area contributed by atoms with Crippen LogP contribution in [0.4, 0.5) is 0 Å². The highest BCUT2D eigenvalue weighted by atomic mass is 32.1. The van der Waals surface area contributed by atoms with Crippen LogP contribution in [0.3, 0.4) is 0 Å². The maximum Gasteiger partial charge on any atom is 0.310 e. The van der Waals surface area contributed by atoms with Crippen LogP contribution in [0.25, 0.3) is 10.2 Å². The molecule has 1 aromatic carbocycles. The number of esters is 1. The lowest BCUT2D eigenvalue weighted by Crippen LogP contribution is -2.43. The number of nitrogens with zero attached hydrogens (tertiary/aromatic N) is 2. The van der Waals surface area contributed by atoms with Crippen LogP contribution >= 0.6 is 11.3 Å². The number of hydrogen-bond acceptors (Lipinski definition) is 6. The second-order valence-electron chi connectivity index (χ2n) is 7.12. The number of para-hydroxylation sites is 1. The average Bonchev–Trinajstić information content (AvgIpc) is 3.16. The van der Waals surface area contributed by atoms with Gasteiger partial charge in [0.05, 0.1) is 34.4 Å². The van der Waals surface area contributed by atoms with Crippen LogP contribution in [-0.2, 0) is 19.1 Å². The monoisotopic (exact) mass is 388 g/mol. The first kappa shape index (κ1) is 18.4.